The van der Waals surface area contributed by atoms with E-state index in [-0.39, 0.29) is 5.56 Å². The van der Waals surface area contributed by atoms with Gasteiger partial charge in [-0.15, -0.1) is 0 Å². The second kappa shape index (κ2) is 9.37. The monoisotopic (exact) mass is 438 g/mol. The maximum atomic E-state index is 13.9. The molecule has 0 unspecified atom stereocenters. The molecule has 160 valence electrons. The molecule has 31 heavy (non-hydrogen) atoms. The molecule has 1 aliphatic rings. The number of hydrogen-bond acceptors (Lipinski definition) is 4. The molecule has 7 heteroatoms. The number of piperazine rings is 1. The van der Waals surface area contributed by atoms with Crippen molar-refractivity contribution in [1.29, 1.82) is 0 Å². The molecule has 1 amide bonds. The SMILES string of the molecule is Cc1c(Cl)cccc1Nc1ccc(F)cc1C(=O)Nc1ccc(N2CCNCC2)cc1. The molecule has 3 N–H and O–H groups in total. The highest BCUT2D eigenvalue weighted by atomic mass is 35.5. The van der Waals surface area contributed by atoms with E-state index in [1.54, 1.807) is 12.1 Å². The van der Waals surface area contributed by atoms with E-state index in [0.29, 0.717) is 16.4 Å². The summed E-state index contributed by atoms with van der Waals surface area (Å²) < 4.78 is 13.9. The smallest absolute Gasteiger partial charge is 0.257 e. The molecule has 0 aromatic heterocycles. The lowest BCUT2D eigenvalue weighted by atomic mass is 10.1. The van der Waals surface area contributed by atoms with Gasteiger partial charge in [0.1, 0.15) is 5.82 Å². The molecule has 0 radical (unpaired) electrons. The number of nitrogens with zero attached hydrogens (tertiary/aromatic N) is 1. The van der Waals surface area contributed by atoms with Crippen LogP contribution in [0.5, 0.6) is 0 Å². The maximum Gasteiger partial charge on any atom is 0.257 e. The number of benzene rings is 3. The molecule has 4 rings (SSSR count). The number of amides is 1. The summed E-state index contributed by atoms with van der Waals surface area (Å²) in [7, 11) is 0. The van der Waals surface area contributed by atoms with Crippen molar-refractivity contribution in [2.75, 3.05) is 41.7 Å². The van der Waals surface area contributed by atoms with Crippen molar-refractivity contribution in [3.05, 3.63) is 82.6 Å². The molecule has 1 aliphatic heterocycles. The van der Waals surface area contributed by atoms with Gasteiger partial charge in [-0.1, -0.05) is 17.7 Å². The third kappa shape index (κ3) is 4.98. The fraction of sp³-hybridized carbons (Fsp3) is 0.208. The number of halogens is 2. The van der Waals surface area contributed by atoms with E-state index in [9.17, 15) is 9.18 Å². The normalized spacial score (nSPS) is 13.7. The van der Waals surface area contributed by atoms with Crippen LogP contribution in [0.4, 0.5) is 27.1 Å². The van der Waals surface area contributed by atoms with Gasteiger partial charge in [0, 0.05) is 48.3 Å². The molecule has 0 saturated carbocycles. The number of anilines is 4. The Kier molecular flexibility index (Phi) is 6.39. The van der Waals surface area contributed by atoms with Gasteiger partial charge in [0.15, 0.2) is 0 Å². The number of nitrogens with one attached hydrogen (secondary N) is 3. The van der Waals surface area contributed by atoms with E-state index < -0.39 is 11.7 Å². The number of carbonyl (C=O) groups excluding carboxylic acids is 1. The molecular weight excluding hydrogens is 415 g/mol. The van der Waals surface area contributed by atoms with Crippen molar-refractivity contribution >= 4 is 40.3 Å². The molecule has 0 spiro atoms. The molecule has 3 aromatic carbocycles. The molecule has 3 aromatic rings. The standard InChI is InChI=1S/C24H24ClFN4O/c1-16-21(25)3-2-4-22(16)29-23-10-5-17(26)15-20(23)24(31)28-18-6-8-19(9-7-18)30-13-11-27-12-14-30/h2-10,15,27,29H,11-14H2,1H3,(H,28,31). The summed E-state index contributed by atoms with van der Waals surface area (Å²) in [6.45, 7) is 5.70. The Balaban J connectivity index is 1.53. The first-order chi connectivity index (χ1) is 15.0. The highest BCUT2D eigenvalue weighted by Crippen LogP contribution is 2.29. The van der Waals surface area contributed by atoms with Crippen molar-refractivity contribution < 1.29 is 9.18 Å². The zero-order valence-electron chi connectivity index (χ0n) is 17.2. The lowest BCUT2D eigenvalue weighted by Gasteiger charge is -2.29. The summed E-state index contributed by atoms with van der Waals surface area (Å²) in [6.07, 6.45) is 0. The van der Waals surface area contributed by atoms with Gasteiger partial charge in [-0.25, -0.2) is 4.39 Å². The average molecular weight is 439 g/mol. The Hall–Kier alpha value is -3.09. The van der Waals surface area contributed by atoms with Gasteiger partial charge in [0.2, 0.25) is 0 Å². The van der Waals surface area contributed by atoms with Crippen LogP contribution in [0, 0.1) is 12.7 Å². The molecule has 1 saturated heterocycles. The van der Waals surface area contributed by atoms with Crippen molar-refractivity contribution in [2.24, 2.45) is 0 Å². The summed E-state index contributed by atoms with van der Waals surface area (Å²) in [4.78, 5) is 15.2. The predicted octanol–water partition coefficient (Wildman–Crippen LogP) is 5.19. The maximum absolute atomic E-state index is 13.9. The molecule has 1 fully saturated rings. The summed E-state index contributed by atoms with van der Waals surface area (Å²) in [6, 6.07) is 17.3. The van der Waals surface area contributed by atoms with Crippen molar-refractivity contribution in [3.63, 3.8) is 0 Å². The zero-order valence-corrected chi connectivity index (χ0v) is 18.0. The topological polar surface area (TPSA) is 56.4 Å². The quantitative estimate of drug-likeness (QED) is 0.513. The van der Waals surface area contributed by atoms with E-state index in [2.05, 4.69) is 20.9 Å². The molecule has 1 heterocycles. The van der Waals surface area contributed by atoms with Gasteiger partial charge in [-0.3, -0.25) is 4.79 Å². The van der Waals surface area contributed by atoms with Gasteiger partial charge >= 0.3 is 0 Å². The van der Waals surface area contributed by atoms with Crippen molar-refractivity contribution in [2.45, 2.75) is 6.92 Å². The number of carbonyl (C=O) groups is 1. The minimum atomic E-state index is -0.479. The van der Waals surface area contributed by atoms with Gasteiger partial charge in [0.05, 0.1) is 11.3 Å². The number of rotatable bonds is 5. The Morgan fingerprint density at radius 1 is 1.03 bits per heavy atom. The minimum Gasteiger partial charge on any atom is -0.369 e. The Morgan fingerprint density at radius 2 is 1.77 bits per heavy atom. The second-order valence-corrected chi connectivity index (χ2v) is 7.87. The third-order valence-corrected chi connectivity index (χ3v) is 5.78. The van der Waals surface area contributed by atoms with Gasteiger partial charge in [-0.2, -0.15) is 0 Å². The van der Waals surface area contributed by atoms with Crippen LogP contribution in [-0.2, 0) is 0 Å². The average Bonchev–Trinajstić information content (AvgIpc) is 2.79. The van der Waals surface area contributed by atoms with Crippen LogP contribution in [-0.4, -0.2) is 32.1 Å². The van der Waals surface area contributed by atoms with Crippen LogP contribution < -0.4 is 20.9 Å². The first-order valence-corrected chi connectivity index (χ1v) is 10.6. The lowest BCUT2D eigenvalue weighted by Crippen LogP contribution is -2.43. The Labute approximate surface area is 186 Å². The first-order valence-electron chi connectivity index (χ1n) is 10.2. The zero-order chi connectivity index (χ0) is 21.8. The summed E-state index contributed by atoms with van der Waals surface area (Å²) >= 11 is 6.20. The minimum absolute atomic E-state index is 0.213. The van der Waals surface area contributed by atoms with Crippen LogP contribution in [0.3, 0.4) is 0 Å². The summed E-state index contributed by atoms with van der Waals surface area (Å²) in [5, 5.41) is 10.0. The summed E-state index contributed by atoms with van der Waals surface area (Å²) in [5.74, 6) is -0.871. The second-order valence-electron chi connectivity index (χ2n) is 7.47. The van der Waals surface area contributed by atoms with Crippen LogP contribution >= 0.6 is 11.6 Å². The molecule has 0 atom stereocenters. The van der Waals surface area contributed by atoms with Crippen LogP contribution in [0.2, 0.25) is 5.02 Å². The van der Waals surface area contributed by atoms with Gasteiger partial charge in [0.25, 0.3) is 5.91 Å². The van der Waals surface area contributed by atoms with Crippen LogP contribution in [0.15, 0.2) is 60.7 Å². The molecule has 5 nitrogen and oxygen atoms in total. The Bertz CT molecular complexity index is 1080. The van der Waals surface area contributed by atoms with E-state index in [0.717, 1.165) is 43.1 Å². The van der Waals surface area contributed by atoms with E-state index in [1.807, 2.05) is 43.3 Å². The van der Waals surface area contributed by atoms with Crippen molar-refractivity contribution in [1.82, 2.24) is 5.32 Å². The van der Waals surface area contributed by atoms with Crippen LogP contribution in [0.25, 0.3) is 0 Å². The molecule has 0 aliphatic carbocycles. The molecular formula is C24H24ClFN4O. The van der Waals surface area contributed by atoms with Gasteiger partial charge < -0.3 is 20.9 Å². The van der Waals surface area contributed by atoms with Crippen molar-refractivity contribution in [3.8, 4) is 0 Å². The van der Waals surface area contributed by atoms with Gasteiger partial charge in [-0.05, 0) is 67.1 Å². The van der Waals surface area contributed by atoms with E-state index >= 15 is 0 Å². The largest absolute Gasteiger partial charge is 0.369 e. The highest BCUT2D eigenvalue weighted by molar-refractivity contribution is 6.31. The highest BCUT2D eigenvalue weighted by Gasteiger charge is 2.15. The van der Waals surface area contributed by atoms with Crippen LogP contribution in [0.1, 0.15) is 15.9 Å². The predicted molar refractivity (Wildman–Crippen MR) is 125 cm³/mol. The molecule has 0 bridgehead atoms. The lowest BCUT2D eigenvalue weighted by molar-refractivity contribution is 0.102. The number of hydrogen-bond donors (Lipinski definition) is 3. The summed E-state index contributed by atoms with van der Waals surface area (Å²) in [5.41, 5.74) is 4.09. The fourth-order valence-electron chi connectivity index (χ4n) is 3.58. The first kappa shape index (κ1) is 21.2. The fourth-order valence-corrected chi connectivity index (χ4v) is 3.75. The third-order valence-electron chi connectivity index (χ3n) is 5.37. The Morgan fingerprint density at radius 3 is 2.52 bits per heavy atom. The van der Waals surface area contributed by atoms with E-state index in [4.69, 9.17) is 11.6 Å². The van der Waals surface area contributed by atoms with E-state index in [1.165, 1.54) is 12.1 Å².